The summed E-state index contributed by atoms with van der Waals surface area (Å²) >= 11 is 1.50. The second-order valence-electron chi connectivity index (χ2n) is 2.82. The maximum absolute atomic E-state index is 5.52. The Balaban J connectivity index is 2.14. The Labute approximate surface area is 80.0 Å². The minimum absolute atomic E-state index is 0.610. The highest BCUT2D eigenvalue weighted by Crippen LogP contribution is 2.15. The van der Waals surface area contributed by atoms with Crippen molar-refractivity contribution in [3.63, 3.8) is 0 Å². The number of aryl methyl sites for hydroxylation is 1. The second kappa shape index (κ2) is 3.18. The molecule has 0 aliphatic carbocycles. The van der Waals surface area contributed by atoms with E-state index < -0.39 is 0 Å². The van der Waals surface area contributed by atoms with Crippen molar-refractivity contribution in [3.8, 4) is 0 Å². The molecule has 0 aliphatic rings. The zero-order chi connectivity index (χ0) is 9.26. The number of nitrogens with two attached hydrogens (primary N) is 1. The van der Waals surface area contributed by atoms with Crippen LogP contribution in [0.2, 0.25) is 0 Å². The molecule has 0 amide bonds. The van der Waals surface area contributed by atoms with Gasteiger partial charge < -0.3 is 5.73 Å². The van der Waals surface area contributed by atoms with Crippen LogP contribution in [0.25, 0.3) is 0 Å². The van der Waals surface area contributed by atoms with E-state index in [1.165, 1.54) is 11.3 Å². The summed E-state index contributed by atoms with van der Waals surface area (Å²) in [5.74, 6) is 0. The maximum atomic E-state index is 5.52. The topological polar surface area (TPSA) is 56.7 Å². The highest BCUT2D eigenvalue weighted by Gasteiger charge is 2.00. The van der Waals surface area contributed by atoms with Crippen molar-refractivity contribution < 1.29 is 0 Å². The number of aromatic nitrogens is 3. The van der Waals surface area contributed by atoms with E-state index in [1.807, 2.05) is 23.9 Å². The highest BCUT2D eigenvalue weighted by molar-refractivity contribution is 7.15. The normalized spacial score (nSPS) is 10.5. The van der Waals surface area contributed by atoms with Crippen LogP contribution < -0.4 is 5.73 Å². The zero-order valence-corrected chi connectivity index (χ0v) is 8.08. The molecule has 4 nitrogen and oxygen atoms in total. The van der Waals surface area contributed by atoms with Crippen molar-refractivity contribution in [2.75, 3.05) is 5.73 Å². The van der Waals surface area contributed by atoms with E-state index in [4.69, 9.17) is 5.73 Å². The van der Waals surface area contributed by atoms with Crippen molar-refractivity contribution in [1.29, 1.82) is 0 Å². The first kappa shape index (κ1) is 8.25. The predicted octanol–water partition coefficient (Wildman–Crippen LogP) is 1.28. The molecule has 0 saturated heterocycles. The van der Waals surface area contributed by atoms with Gasteiger partial charge in [-0.3, -0.25) is 4.68 Å². The average molecular weight is 194 g/mol. The van der Waals surface area contributed by atoms with Gasteiger partial charge in [-0.2, -0.15) is 5.10 Å². The quantitative estimate of drug-likeness (QED) is 0.783. The van der Waals surface area contributed by atoms with Crippen LogP contribution in [0.1, 0.15) is 10.6 Å². The van der Waals surface area contributed by atoms with E-state index in [0.29, 0.717) is 5.13 Å². The monoisotopic (exact) mass is 194 g/mol. The van der Waals surface area contributed by atoms with Crippen LogP contribution in [0, 0.1) is 6.92 Å². The van der Waals surface area contributed by atoms with Gasteiger partial charge in [0.25, 0.3) is 0 Å². The van der Waals surface area contributed by atoms with Crippen LogP contribution in [0.4, 0.5) is 5.13 Å². The van der Waals surface area contributed by atoms with Gasteiger partial charge in [0, 0.05) is 17.3 Å². The van der Waals surface area contributed by atoms with Crippen LogP contribution in [-0.2, 0) is 6.54 Å². The molecule has 2 aromatic rings. The number of thiazole rings is 1. The number of nitrogen functional groups attached to an aromatic ring is 1. The SMILES string of the molecule is Cc1ccn(Cc2cnc(N)s2)n1. The van der Waals surface area contributed by atoms with Gasteiger partial charge >= 0.3 is 0 Å². The number of anilines is 1. The summed E-state index contributed by atoms with van der Waals surface area (Å²) in [6, 6.07) is 1.98. The Morgan fingerprint density at radius 1 is 1.62 bits per heavy atom. The molecule has 0 saturated carbocycles. The fourth-order valence-electron chi connectivity index (χ4n) is 1.11. The summed E-state index contributed by atoms with van der Waals surface area (Å²) in [5, 5.41) is 4.88. The van der Waals surface area contributed by atoms with Crippen LogP contribution >= 0.6 is 11.3 Å². The van der Waals surface area contributed by atoms with Crippen LogP contribution in [0.15, 0.2) is 18.5 Å². The Morgan fingerprint density at radius 3 is 3.00 bits per heavy atom. The van der Waals surface area contributed by atoms with E-state index in [0.717, 1.165) is 17.1 Å². The second-order valence-corrected chi connectivity index (χ2v) is 3.97. The molecule has 0 bridgehead atoms. The molecule has 0 atom stereocenters. The number of nitrogens with zero attached hydrogens (tertiary/aromatic N) is 3. The largest absolute Gasteiger partial charge is 0.375 e. The van der Waals surface area contributed by atoms with E-state index in [1.54, 1.807) is 6.20 Å². The summed E-state index contributed by atoms with van der Waals surface area (Å²) in [4.78, 5) is 5.10. The third kappa shape index (κ3) is 1.86. The molecular formula is C8H10N4S. The molecule has 13 heavy (non-hydrogen) atoms. The lowest BCUT2D eigenvalue weighted by atomic mass is 10.5. The molecule has 5 heteroatoms. The van der Waals surface area contributed by atoms with Crippen LogP contribution in [0.3, 0.4) is 0 Å². The van der Waals surface area contributed by atoms with E-state index >= 15 is 0 Å². The summed E-state index contributed by atoms with van der Waals surface area (Å²) < 4.78 is 1.88. The first-order chi connectivity index (χ1) is 6.24. The number of rotatable bonds is 2. The molecule has 0 spiro atoms. The van der Waals surface area contributed by atoms with E-state index in [2.05, 4.69) is 10.1 Å². The third-order valence-electron chi connectivity index (χ3n) is 1.66. The van der Waals surface area contributed by atoms with Crippen LogP contribution in [-0.4, -0.2) is 14.8 Å². The summed E-state index contributed by atoms with van der Waals surface area (Å²) in [7, 11) is 0. The van der Waals surface area contributed by atoms with E-state index in [-0.39, 0.29) is 0 Å². The Kier molecular flexibility index (Phi) is 2.02. The molecule has 68 valence electrons. The predicted molar refractivity (Wildman–Crippen MR) is 52.6 cm³/mol. The molecule has 0 radical (unpaired) electrons. The third-order valence-corrected chi connectivity index (χ3v) is 2.47. The lowest BCUT2D eigenvalue weighted by molar-refractivity contribution is 0.686. The van der Waals surface area contributed by atoms with Gasteiger partial charge in [0.2, 0.25) is 0 Å². The molecule has 0 aliphatic heterocycles. The van der Waals surface area contributed by atoms with Crippen molar-refractivity contribution in [1.82, 2.24) is 14.8 Å². The Bertz CT molecular complexity index is 365. The standard InChI is InChI=1S/C8H10N4S/c1-6-2-3-12(11-6)5-7-4-10-8(9)13-7/h2-4H,5H2,1H3,(H2,9,10). The molecule has 0 fully saturated rings. The zero-order valence-electron chi connectivity index (χ0n) is 7.27. The molecular weight excluding hydrogens is 184 g/mol. The smallest absolute Gasteiger partial charge is 0.180 e. The fraction of sp³-hybridized carbons (Fsp3) is 0.250. The van der Waals surface area contributed by atoms with Gasteiger partial charge in [-0.15, -0.1) is 11.3 Å². The first-order valence-corrected chi connectivity index (χ1v) is 4.76. The fourth-order valence-corrected chi connectivity index (χ4v) is 1.78. The van der Waals surface area contributed by atoms with Crippen molar-refractivity contribution >= 4 is 16.5 Å². The minimum atomic E-state index is 0.610. The molecule has 2 aromatic heterocycles. The van der Waals surface area contributed by atoms with Gasteiger partial charge in [-0.25, -0.2) is 4.98 Å². The Hall–Kier alpha value is -1.36. The van der Waals surface area contributed by atoms with Crippen molar-refractivity contribution in [2.45, 2.75) is 13.5 Å². The summed E-state index contributed by atoms with van der Waals surface area (Å²) in [6.45, 7) is 2.72. The molecule has 2 heterocycles. The number of hydrogen-bond acceptors (Lipinski definition) is 4. The molecule has 0 unspecified atom stereocenters. The van der Waals surface area contributed by atoms with Gasteiger partial charge in [0.05, 0.1) is 12.2 Å². The average Bonchev–Trinajstić information content (AvgIpc) is 2.62. The van der Waals surface area contributed by atoms with Crippen molar-refractivity contribution in [3.05, 3.63) is 29.0 Å². The van der Waals surface area contributed by atoms with E-state index in [9.17, 15) is 0 Å². The summed E-state index contributed by atoms with van der Waals surface area (Å²) in [5.41, 5.74) is 6.54. The Morgan fingerprint density at radius 2 is 2.46 bits per heavy atom. The van der Waals surface area contributed by atoms with Crippen LogP contribution in [0.5, 0.6) is 0 Å². The lowest BCUT2D eigenvalue weighted by Gasteiger charge is -1.95. The summed E-state index contributed by atoms with van der Waals surface area (Å²) in [6.07, 6.45) is 3.74. The molecule has 2 N–H and O–H groups in total. The molecule has 2 rings (SSSR count). The number of hydrogen-bond donors (Lipinski definition) is 1. The maximum Gasteiger partial charge on any atom is 0.180 e. The van der Waals surface area contributed by atoms with Gasteiger partial charge in [0.15, 0.2) is 5.13 Å². The van der Waals surface area contributed by atoms with Gasteiger partial charge in [-0.1, -0.05) is 0 Å². The highest BCUT2D eigenvalue weighted by atomic mass is 32.1. The molecule has 0 aromatic carbocycles. The van der Waals surface area contributed by atoms with Gasteiger partial charge in [-0.05, 0) is 13.0 Å². The minimum Gasteiger partial charge on any atom is -0.375 e. The lowest BCUT2D eigenvalue weighted by Crippen LogP contribution is -1.98. The van der Waals surface area contributed by atoms with Gasteiger partial charge in [0.1, 0.15) is 0 Å². The first-order valence-electron chi connectivity index (χ1n) is 3.94. The van der Waals surface area contributed by atoms with Crippen molar-refractivity contribution in [2.24, 2.45) is 0 Å².